The first-order valence-corrected chi connectivity index (χ1v) is 9.90. The molecule has 2 aromatic rings. The second kappa shape index (κ2) is 16.7. The minimum atomic E-state index is -0.933. The van der Waals surface area contributed by atoms with Crippen LogP contribution in [0.25, 0.3) is 0 Å². The number of nitrogens with two attached hydrogens (primary N) is 3. The Balaban J connectivity index is 0.000000406. The summed E-state index contributed by atoms with van der Waals surface area (Å²) in [5.41, 5.74) is 17.6. The van der Waals surface area contributed by atoms with Gasteiger partial charge in [-0.3, -0.25) is 9.59 Å². The number of carboxylic acid groups (broad SMARTS) is 1. The summed E-state index contributed by atoms with van der Waals surface area (Å²) in [5.74, 6) is -0.0676. The van der Waals surface area contributed by atoms with Gasteiger partial charge in [0, 0.05) is 22.1 Å². The first kappa shape index (κ1) is 26.7. The lowest BCUT2D eigenvalue weighted by Gasteiger charge is -2.03. The predicted octanol–water partition coefficient (Wildman–Crippen LogP) is 2.94. The molecule has 0 aromatic heterocycles. The molecule has 0 spiro atoms. The van der Waals surface area contributed by atoms with Gasteiger partial charge in [0.25, 0.3) is 0 Å². The van der Waals surface area contributed by atoms with Gasteiger partial charge in [0.05, 0.1) is 7.11 Å². The number of rotatable bonds is 8. The van der Waals surface area contributed by atoms with Crippen LogP contribution < -0.4 is 21.9 Å². The fourth-order valence-electron chi connectivity index (χ4n) is 2.05. The normalized spacial score (nSPS) is 10.5. The maximum absolute atomic E-state index is 10.1. The average Bonchev–Trinajstić information content (AvgIpc) is 2.75. The molecule has 0 aliphatic carbocycles. The van der Waals surface area contributed by atoms with Gasteiger partial charge in [0.1, 0.15) is 18.1 Å². The van der Waals surface area contributed by atoms with Crippen molar-refractivity contribution in [2.24, 2.45) is 17.2 Å². The number of aldehydes is 1. The Labute approximate surface area is 180 Å². The fraction of sp³-hybridized carbons (Fsp3) is 0.333. The number of aliphatic carboxylic acids is 1. The van der Waals surface area contributed by atoms with Crippen LogP contribution in [0.3, 0.4) is 0 Å². The van der Waals surface area contributed by atoms with Crippen LogP contribution in [-0.4, -0.2) is 37.1 Å². The molecule has 0 amide bonds. The van der Waals surface area contributed by atoms with Crippen LogP contribution in [0, 0.1) is 0 Å². The van der Waals surface area contributed by atoms with E-state index in [9.17, 15) is 9.59 Å². The van der Waals surface area contributed by atoms with Crippen LogP contribution in [0.2, 0.25) is 0 Å². The molecule has 7 nitrogen and oxygen atoms in total. The minimum absolute atomic E-state index is 0.520. The topological polar surface area (TPSA) is 142 Å². The van der Waals surface area contributed by atoms with Gasteiger partial charge in [-0.1, -0.05) is 52.7 Å². The van der Waals surface area contributed by atoms with E-state index in [4.69, 9.17) is 27.0 Å². The summed E-state index contributed by atoms with van der Waals surface area (Å²) in [6.45, 7) is 1.14. The van der Waals surface area contributed by atoms with Crippen molar-refractivity contribution in [2.45, 2.75) is 31.8 Å². The van der Waals surface area contributed by atoms with Crippen molar-refractivity contribution in [1.29, 1.82) is 0 Å². The minimum Gasteiger partial charge on any atom is -0.496 e. The van der Waals surface area contributed by atoms with Gasteiger partial charge in [-0.15, -0.1) is 0 Å². The largest absolute Gasteiger partial charge is 0.496 e. The Hall–Kier alpha value is -2.26. The molecular weight excluding hydrogens is 438 g/mol. The van der Waals surface area contributed by atoms with E-state index in [1.54, 1.807) is 19.2 Å². The molecule has 0 radical (unpaired) electrons. The van der Waals surface area contributed by atoms with Crippen molar-refractivity contribution < 1.29 is 19.4 Å². The first-order valence-electron chi connectivity index (χ1n) is 9.10. The van der Waals surface area contributed by atoms with Crippen molar-refractivity contribution in [3.05, 3.63) is 64.1 Å². The maximum Gasteiger partial charge on any atom is 0.320 e. The summed E-state index contributed by atoms with van der Waals surface area (Å²) in [6, 6.07) is 14.2. The highest BCUT2D eigenvalue weighted by Crippen LogP contribution is 2.15. The van der Waals surface area contributed by atoms with Gasteiger partial charge in [0.15, 0.2) is 0 Å². The summed E-state index contributed by atoms with van der Waals surface area (Å²) < 4.78 is 6.05. The second-order valence-corrected chi connectivity index (χ2v) is 6.83. The number of halogens is 1. The molecule has 1 unspecified atom stereocenters. The lowest BCUT2D eigenvalue weighted by molar-refractivity contribution is -0.138. The molecule has 0 bridgehead atoms. The third kappa shape index (κ3) is 12.7. The summed E-state index contributed by atoms with van der Waals surface area (Å²) in [5, 5.41) is 8.33. The molecule has 0 fully saturated rings. The number of methoxy groups -OCH3 is 1. The number of para-hydroxylation sites is 1. The van der Waals surface area contributed by atoms with Crippen molar-refractivity contribution in [1.82, 2.24) is 0 Å². The highest BCUT2D eigenvalue weighted by molar-refractivity contribution is 9.10. The van der Waals surface area contributed by atoms with Crippen LogP contribution in [0.1, 0.15) is 35.2 Å². The standard InChI is InChI=1S/C8H11NO.C7H5BrO.C6H14N2O2/c1-10-8-5-3-2-4-7(8)6-9;8-7-3-1-6(5-9)2-4-7;7-4-2-1-3-5(8)6(9)10/h2-5H,6,9H2,1H3;1-5H;5H,1-4,7-8H2,(H,9,10). The zero-order valence-corrected chi connectivity index (χ0v) is 18.2. The van der Waals surface area contributed by atoms with Crippen molar-refractivity contribution in [2.75, 3.05) is 13.7 Å². The number of carboxylic acids is 1. The molecule has 2 aromatic carbocycles. The third-order valence-corrected chi connectivity index (χ3v) is 4.23. The Morgan fingerprint density at radius 3 is 2.21 bits per heavy atom. The van der Waals surface area contributed by atoms with Gasteiger partial charge >= 0.3 is 5.97 Å². The van der Waals surface area contributed by atoms with Crippen LogP contribution in [0.4, 0.5) is 0 Å². The Morgan fingerprint density at radius 2 is 1.76 bits per heavy atom. The van der Waals surface area contributed by atoms with Gasteiger partial charge < -0.3 is 27.0 Å². The van der Waals surface area contributed by atoms with E-state index in [1.807, 2.05) is 36.4 Å². The van der Waals surface area contributed by atoms with E-state index >= 15 is 0 Å². The van der Waals surface area contributed by atoms with Gasteiger partial charge in [-0.25, -0.2) is 0 Å². The van der Waals surface area contributed by atoms with E-state index in [2.05, 4.69) is 15.9 Å². The zero-order chi connectivity index (χ0) is 22.1. The molecule has 2 rings (SSSR count). The summed E-state index contributed by atoms with van der Waals surface area (Å²) in [7, 11) is 1.65. The zero-order valence-electron chi connectivity index (χ0n) is 16.6. The predicted molar refractivity (Wildman–Crippen MR) is 119 cm³/mol. The number of hydrogen-bond acceptors (Lipinski definition) is 6. The monoisotopic (exact) mass is 467 g/mol. The van der Waals surface area contributed by atoms with Crippen LogP contribution in [-0.2, 0) is 11.3 Å². The van der Waals surface area contributed by atoms with E-state index in [0.29, 0.717) is 25.1 Å². The quantitative estimate of drug-likeness (QED) is 0.345. The van der Waals surface area contributed by atoms with Crippen molar-refractivity contribution in [3.63, 3.8) is 0 Å². The molecule has 7 N–H and O–H groups in total. The van der Waals surface area contributed by atoms with Gasteiger partial charge in [-0.2, -0.15) is 0 Å². The molecule has 0 heterocycles. The smallest absolute Gasteiger partial charge is 0.320 e. The van der Waals surface area contributed by atoms with Crippen LogP contribution >= 0.6 is 15.9 Å². The molecule has 0 saturated heterocycles. The third-order valence-electron chi connectivity index (χ3n) is 3.70. The molecule has 0 aliphatic heterocycles. The Morgan fingerprint density at radius 1 is 1.14 bits per heavy atom. The number of ether oxygens (including phenoxy) is 1. The van der Waals surface area contributed by atoms with Crippen LogP contribution in [0.5, 0.6) is 5.75 Å². The number of hydrogen-bond donors (Lipinski definition) is 4. The Kier molecular flexibility index (Phi) is 15.4. The van der Waals surface area contributed by atoms with E-state index < -0.39 is 12.0 Å². The first-order chi connectivity index (χ1) is 13.9. The second-order valence-electron chi connectivity index (χ2n) is 5.91. The molecule has 1 atom stereocenters. The number of carbonyl (C=O) groups excluding carboxylic acids is 1. The van der Waals surface area contributed by atoms with Gasteiger partial charge in [-0.05, 0) is 37.6 Å². The number of unbranched alkanes of at least 4 members (excludes halogenated alkanes) is 1. The lowest BCUT2D eigenvalue weighted by Crippen LogP contribution is -2.29. The highest BCUT2D eigenvalue weighted by Gasteiger charge is 2.09. The number of benzene rings is 2. The lowest BCUT2D eigenvalue weighted by atomic mass is 10.1. The molecule has 0 saturated carbocycles. The Bertz CT molecular complexity index is 688. The van der Waals surface area contributed by atoms with Crippen molar-refractivity contribution in [3.8, 4) is 5.75 Å². The van der Waals surface area contributed by atoms with Crippen LogP contribution in [0.15, 0.2) is 53.0 Å². The maximum atomic E-state index is 10.1. The van der Waals surface area contributed by atoms with Crippen molar-refractivity contribution >= 4 is 28.2 Å². The summed E-state index contributed by atoms with van der Waals surface area (Å²) in [6.07, 6.45) is 2.99. The highest BCUT2D eigenvalue weighted by atomic mass is 79.9. The molecular formula is C21H30BrN3O4. The molecule has 8 heteroatoms. The molecule has 160 valence electrons. The summed E-state index contributed by atoms with van der Waals surface area (Å²) >= 11 is 3.26. The fourth-order valence-corrected chi connectivity index (χ4v) is 2.31. The SMILES string of the molecule is COc1ccccc1CN.NCCCCC(N)C(=O)O.O=Cc1ccc(Br)cc1. The number of carbonyl (C=O) groups is 2. The average molecular weight is 468 g/mol. The molecule has 0 aliphatic rings. The molecule has 29 heavy (non-hydrogen) atoms. The summed E-state index contributed by atoms with van der Waals surface area (Å²) in [4.78, 5) is 20.2. The van der Waals surface area contributed by atoms with E-state index in [1.165, 1.54) is 0 Å². The van der Waals surface area contributed by atoms with E-state index in [0.717, 1.165) is 34.9 Å². The van der Waals surface area contributed by atoms with Gasteiger partial charge in [0.2, 0.25) is 0 Å². The van der Waals surface area contributed by atoms with E-state index in [-0.39, 0.29) is 0 Å².